The van der Waals surface area contributed by atoms with Crippen molar-refractivity contribution in [2.24, 2.45) is 0 Å². The third-order valence-electron chi connectivity index (χ3n) is 5.62. The van der Waals surface area contributed by atoms with E-state index in [0.29, 0.717) is 17.5 Å². The van der Waals surface area contributed by atoms with Crippen LogP contribution in [-0.4, -0.2) is 26.4 Å². The molecule has 0 aliphatic rings. The molecule has 4 aromatic rings. The topological polar surface area (TPSA) is 69.0 Å². The van der Waals surface area contributed by atoms with Crippen molar-refractivity contribution in [3.8, 4) is 5.75 Å². The number of para-hydroxylation sites is 1. The second-order valence-electron chi connectivity index (χ2n) is 7.84. The van der Waals surface area contributed by atoms with Crippen LogP contribution in [0.3, 0.4) is 0 Å². The lowest BCUT2D eigenvalue weighted by atomic mass is 10.0. The highest BCUT2D eigenvalue weighted by Crippen LogP contribution is 2.28. The Hall–Kier alpha value is -3.58. The van der Waals surface area contributed by atoms with Crippen molar-refractivity contribution in [2.75, 3.05) is 11.1 Å². The number of carbonyl (C=O) groups excluding carboxylic acids is 1. The van der Waals surface area contributed by atoms with Gasteiger partial charge in [-0.3, -0.25) is 9.36 Å². The molecule has 0 atom stereocenters. The van der Waals surface area contributed by atoms with Gasteiger partial charge in [0.15, 0.2) is 11.0 Å². The van der Waals surface area contributed by atoms with Gasteiger partial charge in [0.05, 0.1) is 5.75 Å². The van der Waals surface area contributed by atoms with Crippen molar-refractivity contribution in [3.63, 3.8) is 0 Å². The third-order valence-corrected chi connectivity index (χ3v) is 6.58. The van der Waals surface area contributed by atoms with Crippen LogP contribution in [0.5, 0.6) is 5.75 Å². The van der Waals surface area contributed by atoms with Crippen LogP contribution < -0.4 is 10.1 Å². The largest absolute Gasteiger partial charge is 0.485 e. The first-order valence-corrected chi connectivity index (χ1v) is 12.2. The van der Waals surface area contributed by atoms with Crippen molar-refractivity contribution in [1.82, 2.24) is 14.8 Å². The molecule has 3 aromatic carbocycles. The summed E-state index contributed by atoms with van der Waals surface area (Å²) in [6.07, 6.45) is 2.65. The smallest absolute Gasteiger partial charge is 0.234 e. The Labute approximate surface area is 204 Å². The maximum Gasteiger partial charge on any atom is 0.234 e. The molecule has 0 saturated heterocycles. The highest BCUT2D eigenvalue weighted by molar-refractivity contribution is 7.99. The van der Waals surface area contributed by atoms with E-state index >= 15 is 0 Å². The van der Waals surface area contributed by atoms with Crippen LogP contribution in [0.4, 0.5) is 5.69 Å². The van der Waals surface area contributed by atoms with Gasteiger partial charge in [-0.1, -0.05) is 73.3 Å². The van der Waals surface area contributed by atoms with E-state index in [1.54, 1.807) is 6.08 Å². The van der Waals surface area contributed by atoms with E-state index in [-0.39, 0.29) is 18.3 Å². The summed E-state index contributed by atoms with van der Waals surface area (Å²) in [5.41, 5.74) is 3.05. The summed E-state index contributed by atoms with van der Waals surface area (Å²) >= 11 is 1.35. The standard InChI is InChI=1S/C27H28N4O2S/c1-4-16-31-25(17-33-24-15-14-21-11-6-8-12-22(21)19(24)3)29-30-27(31)34-18-26(32)28-23-13-9-7-10-20(23)5-2/h4,6-15H,1,5,16-18H2,2-3H3,(H,28,32). The molecule has 1 amide bonds. The van der Waals surface area contributed by atoms with E-state index in [2.05, 4.69) is 54.1 Å². The van der Waals surface area contributed by atoms with E-state index in [4.69, 9.17) is 4.74 Å². The summed E-state index contributed by atoms with van der Waals surface area (Å²) < 4.78 is 8.05. The average molecular weight is 473 g/mol. The van der Waals surface area contributed by atoms with E-state index in [1.165, 1.54) is 22.5 Å². The molecule has 4 rings (SSSR count). The van der Waals surface area contributed by atoms with Gasteiger partial charge in [0.25, 0.3) is 0 Å². The number of nitrogens with zero attached hydrogens (tertiary/aromatic N) is 3. The van der Waals surface area contributed by atoms with Crippen LogP contribution in [0, 0.1) is 6.92 Å². The number of hydrogen-bond acceptors (Lipinski definition) is 5. The number of hydrogen-bond donors (Lipinski definition) is 1. The van der Waals surface area contributed by atoms with Gasteiger partial charge in [-0.2, -0.15) is 0 Å². The molecule has 6 nitrogen and oxygen atoms in total. The highest BCUT2D eigenvalue weighted by atomic mass is 32.2. The number of thioether (sulfide) groups is 1. The summed E-state index contributed by atoms with van der Waals surface area (Å²) in [4.78, 5) is 12.6. The lowest BCUT2D eigenvalue weighted by Gasteiger charge is -2.12. The number of aromatic nitrogens is 3. The normalized spacial score (nSPS) is 10.9. The average Bonchev–Trinajstić information content (AvgIpc) is 3.24. The van der Waals surface area contributed by atoms with Crippen molar-refractivity contribution in [3.05, 3.63) is 90.3 Å². The first-order chi connectivity index (χ1) is 16.6. The number of allylic oxidation sites excluding steroid dienone is 1. The van der Waals surface area contributed by atoms with Gasteiger partial charge in [-0.05, 0) is 47.4 Å². The number of amides is 1. The highest BCUT2D eigenvalue weighted by Gasteiger charge is 2.15. The minimum absolute atomic E-state index is 0.0800. The monoisotopic (exact) mass is 472 g/mol. The summed E-state index contributed by atoms with van der Waals surface area (Å²) in [5, 5.41) is 14.6. The van der Waals surface area contributed by atoms with Gasteiger partial charge in [-0.25, -0.2) is 0 Å². The van der Waals surface area contributed by atoms with Crippen LogP contribution in [0.2, 0.25) is 0 Å². The first kappa shape index (κ1) is 23.6. The Bertz CT molecular complexity index is 1320. The maximum absolute atomic E-state index is 12.6. The quantitative estimate of drug-likeness (QED) is 0.233. The Kier molecular flexibility index (Phi) is 7.65. The molecule has 7 heteroatoms. The number of benzene rings is 3. The number of nitrogens with one attached hydrogen (secondary N) is 1. The lowest BCUT2D eigenvalue weighted by molar-refractivity contribution is -0.113. The van der Waals surface area contributed by atoms with Gasteiger partial charge in [0.1, 0.15) is 12.4 Å². The Morgan fingerprint density at radius 3 is 2.74 bits per heavy atom. The van der Waals surface area contributed by atoms with Crippen LogP contribution in [0.15, 0.2) is 78.5 Å². The molecule has 0 aliphatic heterocycles. The van der Waals surface area contributed by atoms with Crippen molar-refractivity contribution >= 4 is 34.1 Å². The Balaban J connectivity index is 1.43. The summed E-state index contributed by atoms with van der Waals surface area (Å²) in [6, 6.07) is 20.1. The molecule has 0 unspecified atom stereocenters. The van der Waals surface area contributed by atoms with Crippen LogP contribution in [-0.2, 0) is 24.4 Å². The number of aryl methyl sites for hydroxylation is 2. The summed E-state index contributed by atoms with van der Waals surface area (Å²) in [6.45, 7) is 8.78. The zero-order valence-corrected chi connectivity index (χ0v) is 20.3. The zero-order chi connectivity index (χ0) is 23.9. The minimum Gasteiger partial charge on any atom is -0.485 e. The van der Waals surface area contributed by atoms with E-state index in [0.717, 1.165) is 29.0 Å². The third kappa shape index (κ3) is 5.31. The molecule has 0 spiro atoms. The Morgan fingerprint density at radius 2 is 1.91 bits per heavy atom. The SMILES string of the molecule is C=CCn1c(COc2ccc3ccccc3c2C)nnc1SCC(=O)Nc1ccccc1CC. The van der Waals surface area contributed by atoms with Crippen LogP contribution >= 0.6 is 11.8 Å². The van der Waals surface area contributed by atoms with Gasteiger partial charge < -0.3 is 10.1 Å². The van der Waals surface area contributed by atoms with Crippen molar-refractivity contribution in [1.29, 1.82) is 0 Å². The van der Waals surface area contributed by atoms with Gasteiger partial charge in [-0.15, -0.1) is 16.8 Å². The molecule has 0 aliphatic carbocycles. The fraction of sp³-hybridized carbons (Fsp3) is 0.222. The second kappa shape index (κ2) is 11.0. The van der Waals surface area contributed by atoms with E-state index in [9.17, 15) is 4.79 Å². The molecule has 174 valence electrons. The number of ether oxygens (including phenoxy) is 1. The number of carbonyl (C=O) groups is 1. The molecule has 0 bridgehead atoms. The molecule has 1 N–H and O–H groups in total. The lowest BCUT2D eigenvalue weighted by Crippen LogP contribution is -2.16. The van der Waals surface area contributed by atoms with Gasteiger partial charge >= 0.3 is 0 Å². The van der Waals surface area contributed by atoms with Crippen molar-refractivity contribution in [2.45, 2.75) is 38.6 Å². The predicted octanol–water partition coefficient (Wildman–Crippen LogP) is 5.80. The van der Waals surface area contributed by atoms with Crippen LogP contribution in [0.1, 0.15) is 23.9 Å². The predicted molar refractivity (Wildman–Crippen MR) is 138 cm³/mol. The van der Waals surface area contributed by atoms with Gasteiger partial charge in [0.2, 0.25) is 5.91 Å². The fourth-order valence-electron chi connectivity index (χ4n) is 3.82. The van der Waals surface area contributed by atoms with Crippen LogP contribution in [0.25, 0.3) is 10.8 Å². The maximum atomic E-state index is 12.6. The molecule has 1 heterocycles. The molecule has 0 saturated carbocycles. The molecule has 0 radical (unpaired) electrons. The molecule has 0 fully saturated rings. The van der Waals surface area contributed by atoms with Crippen molar-refractivity contribution < 1.29 is 9.53 Å². The second-order valence-corrected chi connectivity index (χ2v) is 8.79. The first-order valence-electron chi connectivity index (χ1n) is 11.3. The number of fused-ring (bicyclic) bond motifs is 1. The summed E-state index contributed by atoms with van der Waals surface area (Å²) in [7, 11) is 0. The van der Waals surface area contributed by atoms with E-state index < -0.39 is 0 Å². The summed E-state index contributed by atoms with van der Waals surface area (Å²) in [5.74, 6) is 1.66. The molecule has 1 aromatic heterocycles. The number of anilines is 1. The molecular weight excluding hydrogens is 444 g/mol. The zero-order valence-electron chi connectivity index (χ0n) is 19.5. The van der Waals surface area contributed by atoms with Gasteiger partial charge in [0, 0.05) is 12.2 Å². The molecule has 34 heavy (non-hydrogen) atoms. The molecular formula is C27H28N4O2S. The fourth-order valence-corrected chi connectivity index (χ4v) is 4.58. The number of rotatable bonds is 10. The Morgan fingerprint density at radius 1 is 1.12 bits per heavy atom. The minimum atomic E-state index is -0.0800. The van der Waals surface area contributed by atoms with E-state index in [1.807, 2.05) is 47.0 Å².